The summed E-state index contributed by atoms with van der Waals surface area (Å²) in [6.07, 6.45) is 7.04. The second-order valence-electron chi connectivity index (χ2n) is 4.93. The van der Waals surface area contributed by atoms with Gasteiger partial charge in [-0.2, -0.15) is 11.8 Å². The highest BCUT2D eigenvalue weighted by molar-refractivity contribution is 7.99. The number of carbonyl (C=O) groups excluding carboxylic acids is 1. The van der Waals surface area contributed by atoms with Gasteiger partial charge in [-0.25, -0.2) is 0 Å². The van der Waals surface area contributed by atoms with E-state index in [4.69, 9.17) is 16.1 Å². The van der Waals surface area contributed by atoms with Crippen molar-refractivity contribution >= 4 is 29.3 Å². The van der Waals surface area contributed by atoms with Crippen molar-refractivity contribution in [1.29, 1.82) is 0 Å². The molecule has 0 spiro atoms. The monoisotopic (exact) mass is 302 g/mol. The van der Waals surface area contributed by atoms with E-state index in [-0.39, 0.29) is 23.6 Å². The van der Waals surface area contributed by atoms with Crippen LogP contribution in [-0.4, -0.2) is 28.6 Å². The van der Waals surface area contributed by atoms with Crippen molar-refractivity contribution in [3.8, 4) is 0 Å². The molecule has 0 aromatic carbocycles. The van der Waals surface area contributed by atoms with E-state index in [1.54, 1.807) is 6.92 Å². The number of thioether (sulfide) groups is 1. The number of halogens is 1. The van der Waals surface area contributed by atoms with Crippen LogP contribution in [0.15, 0.2) is 4.52 Å². The van der Waals surface area contributed by atoms with E-state index in [0.29, 0.717) is 16.5 Å². The van der Waals surface area contributed by atoms with Crippen LogP contribution >= 0.6 is 23.4 Å². The van der Waals surface area contributed by atoms with Crippen molar-refractivity contribution in [2.45, 2.75) is 50.3 Å². The first-order valence-electron chi connectivity index (χ1n) is 6.54. The molecule has 1 aromatic heterocycles. The van der Waals surface area contributed by atoms with Gasteiger partial charge in [-0.1, -0.05) is 18.0 Å². The maximum atomic E-state index is 12.1. The molecule has 0 unspecified atom stereocenters. The maximum Gasteiger partial charge on any atom is 0.229 e. The van der Waals surface area contributed by atoms with E-state index in [1.807, 2.05) is 11.8 Å². The molecule has 1 aromatic rings. The molecule has 1 amide bonds. The summed E-state index contributed by atoms with van der Waals surface area (Å²) in [5.74, 6) is -0.000787. The van der Waals surface area contributed by atoms with Crippen LogP contribution in [0.5, 0.6) is 0 Å². The number of nitrogens with zero attached hydrogens (tertiary/aromatic N) is 1. The van der Waals surface area contributed by atoms with E-state index in [9.17, 15) is 4.79 Å². The van der Waals surface area contributed by atoms with Crippen molar-refractivity contribution < 1.29 is 9.32 Å². The normalized spacial score (nSPS) is 23.3. The minimum atomic E-state index is -0.000787. The topological polar surface area (TPSA) is 55.1 Å². The molecule has 6 heteroatoms. The van der Waals surface area contributed by atoms with E-state index < -0.39 is 0 Å². The molecule has 4 nitrogen and oxygen atoms in total. The van der Waals surface area contributed by atoms with Gasteiger partial charge in [-0.15, -0.1) is 0 Å². The van der Waals surface area contributed by atoms with Crippen molar-refractivity contribution in [3.05, 3.63) is 16.5 Å². The Morgan fingerprint density at radius 1 is 1.53 bits per heavy atom. The predicted molar refractivity (Wildman–Crippen MR) is 77.7 cm³/mol. The molecule has 1 N–H and O–H groups in total. The summed E-state index contributed by atoms with van der Waals surface area (Å²) in [5.41, 5.74) is 1.38. The number of hydrogen-bond acceptors (Lipinski definition) is 4. The minimum absolute atomic E-state index is 0.000787. The van der Waals surface area contributed by atoms with Gasteiger partial charge in [0.2, 0.25) is 11.1 Å². The van der Waals surface area contributed by atoms with Gasteiger partial charge in [0, 0.05) is 16.9 Å². The molecule has 0 bridgehead atoms. The summed E-state index contributed by atoms with van der Waals surface area (Å²) in [5, 5.41) is 7.63. The average molecular weight is 303 g/mol. The zero-order chi connectivity index (χ0) is 13.8. The molecule has 1 fully saturated rings. The fourth-order valence-corrected chi connectivity index (χ4v) is 3.69. The van der Waals surface area contributed by atoms with Crippen LogP contribution in [0, 0.1) is 6.92 Å². The lowest BCUT2D eigenvalue weighted by Gasteiger charge is -2.30. The molecule has 2 rings (SSSR count). The van der Waals surface area contributed by atoms with Crippen LogP contribution < -0.4 is 5.32 Å². The zero-order valence-corrected chi connectivity index (χ0v) is 12.8. The second-order valence-corrected chi connectivity index (χ2v) is 6.35. The summed E-state index contributed by atoms with van der Waals surface area (Å²) in [4.78, 5) is 12.1. The summed E-state index contributed by atoms with van der Waals surface area (Å²) in [7, 11) is 0. The van der Waals surface area contributed by atoms with Gasteiger partial charge >= 0.3 is 0 Å². The Hall–Kier alpha value is -0.680. The van der Waals surface area contributed by atoms with Gasteiger partial charge < -0.3 is 9.84 Å². The Bertz CT molecular complexity index is 430. The largest absolute Gasteiger partial charge is 0.352 e. The van der Waals surface area contributed by atoms with Gasteiger partial charge in [-0.3, -0.25) is 4.79 Å². The first-order valence-corrected chi connectivity index (χ1v) is 8.21. The molecule has 0 radical (unpaired) electrons. The summed E-state index contributed by atoms with van der Waals surface area (Å²) >= 11 is 7.71. The highest BCUT2D eigenvalue weighted by Crippen LogP contribution is 2.27. The highest BCUT2D eigenvalue weighted by Gasteiger charge is 2.26. The molecule has 2 atom stereocenters. The van der Waals surface area contributed by atoms with Crippen LogP contribution in [-0.2, 0) is 11.2 Å². The highest BCUT2D eigenvalue weighted by atomic mass is 35.5. The third-order valence-electron chi connectivity index (χ3n) is 3.63. The Morgan fingerprint density at radius 2 is 2.26 bits per heavy atom. The molecule has 0 aliphatic heterocycles. The number of aromatic nitrogens is 1. The number of nitrogens with one attached hydrogen (secondary N) is 1. The number of carbonyl (C=O) groups is 1. The molecule has 19 heavy (non-hydrogen) atoms. The third kappa shape index (κ3) is 3.66. The van der Waals surface area contributed by atoms with Crippen LogP contribution in [0.4, 0.5) is 0 Å². The van der Waals surface area contributed by atoms with Crippen molar-refractivity contribution in [1.82, 2.24) is 10.5 Å². The third-order valence-corrected chi connectivity index (χ3v) is 5.09. The van der Waals surface area contributed by atoms with Crippen LogP contribution in [0.2, 0.25) is 5.22 Å². The van der Waals surface area contributed by atoms with Crippen LogP contribution in [0.1, 0.15) is 36.9 Å². The summed E-state index contributed by atoms with van der Waals surface area (Å²) in [6, 6.07) is 0.273. The summed E-state index contributed by atoms with van der Waals surface area (Å²) in [6.45, 7) is 1.79. The van der Waals surface area contributed by atoms with E-state index in [1.165, 1.54) is 19.3 Å². The second kappa shape index (κ2) is 6.66. The van der Waals surface area contributed by atoms with Gasteiger partial charge in [0.1, 0.15) is 0 Å². The maximum absolute atomic E-state index is 12.1. The molecular weight excluding hydrogens is 284 g/mol. The SMILES string of the molecule is CS[C@@H]1CCCC[C@@H]1NC(=O)Cc1c(C)noc1Cl. The van der Waals surface area contributed by atoms with Crippen LogP contribution in [0.25, 0.3) is 0 Å². The Kier molecular flexibility index (Phi) is 5.16. The summed E-state index contributed by atoms with van der Waals surface area (Å²) < 4.78 is 4.86. The lowest BCUT2D eigenvalue weighted by Crippen LogP contribution is -2.44. The fraction of sp³-hybridized carbons (Fsp3) is 0.692. The number of amides is 1. The predicted octanol–water partition coefficient (Wildman–Crippen LogP) is 2.97. The van der Waals surface area contributed by atoms with E-state index >= 15 is 0 Å². The van der Waals surface area contributed by atoms with Gasteiger partial charge in [0.15, 0.2) is 0 Å². The first kappa shape index (κ1) is 14.7. The zero-order valence-electron chi connectivity index (χ0n) is 11.2. The minimum Gasteiger partial charge on any atom is -0.352 e. The molecule has 1 aliphatic carbocycles. The lowest BCUT2D eigenvalue weighted by molar-refractivity contribution is -0.121. The average Bonchev–Trinajstić information content (AvgIpc) is 2.71. The van der Waals surface area contributed by atoms with Crippen molar-refractivity contribution in [2.24, 2.45) is 0 Å². The van der Waals surface area contributed by atoms with Gasteiger partial charge in [0.25, 0.3) is 0 Å². The van der Waals surface area contributed by atoms with Gasteiger partial charge in [-0.05, 0) is 37.6 Å². The Labute approximate surface area is 122 Å². The molecule has 1 aliphatic rings. The van der Waals surface area contributed by atoms with Gasteiger partial charge in [0.05, 0.1) is 12.1 Å². The lowest BCUT2D eigenvalue weighted by atomic mass is 9.94. The smallest absolute Gasteiger partial charge is 0.229 e. The molecule has 0 saturated heterocycles. The molecule has 1 heterocycles. The Balaban J connectivity index is 1.93. The molecular formula is C13H19ClN2O2S. The number of hydrogen-bond donors (Lipinski definition) is 1. The van der Waals surface area contributed by atoms with E-state index in [2.05, 4.69) is 16.7 Å². The Morgan fingerprint density at radius 3 is 2.89 bits per heavy atom. The van der Waals surface area contributed by atoms with E-state index in [0.717, 1.165) is 6.42 Å². The fourth-order valence-electron chi connectivity index (χ4n) is 2.52. The standard InChI is InChI=1S/C13H19ClN2O2S/c1-8-9(13(14)18-16-8)7-12(17)15-10-5-3-4-6-11(10)19-2/h10-11H,3-7H2,1-2H3,(H,15,17)/t10-,11+/m0/s1. The number of aryl methyl sites for hydroxylation is 1. The molecule has 106 valence electrons. The molecule has 1 saturated carbocycles. The van der Waals surface area contributed by atoms with Crippen molar-refractivity contribution in [2.75, 3.05) is 6.26 Å². The quantitative estimate of drug-likeness (QED) is 0.929. The van der Waals surface area contributed by atoms with Crippen LogP contribution in [0.3, 0.4) is 0 Å². The van der Waals surface area contributed by atoms with Crippen molar-refractivity contribution in [3.63, 3.8) is 0 Å². The number of rotatable bonds is 4. The first-order chi connectivity index (χ1) is 9.11.